The second-order valence-corrected chi connectivity index (χ2v) is 8.36. The lowest BCUT2D eigenvalue weighted by Crippen LogP contribution is -2.10. The van der Waals surface area contributed by atoms with E-state index in [1.165, 1.54) is 18.2 Å². The van der Waals surface area contributed by atoms with Crippen LogP contribution >= 0.6 is 11.6 Å². The molecule has 5 aromatic rings. The first-order chi connectivity index (χ1) is 17.0. The Morgan fingerprint density at radius 2 is 1.80 bits per heavy atom. The fraction of sp³-hybridized carbons (Fsp3) is 0.115. The lowest BCUT2D eigenvalue weighted by molar-refractivity contribution is -0.0504. The van der Waals surface area contributed by atoms with Gasteiger partial charge in [-0.15, -0.1) is 0 Å². The van der Waals surface area contributed by atoms with Crippen LogP contribution in [-0.4, -0.2) is 26.1 Å². The van der Waals surface area contributed by atoms with Crippen LogP contribution in [0.5, 0.6) is 5.75 Å². The van der Waals surface area contributed by atoms with Gasteiger partial charge in [0.25, 0.3) is 0 Å². The van der Waals surface area contributed by atoms with Gasteiger partial charge >= 0.3 is 6.61 Å². The van der Waals surface area contributed by atoms with E-state index < -0.39 is 6.61 Å². The summed E-state index contributed by atoms with van der Waals surface area (Å²) in [5.41, 5.74) is 4.59. The number of nitrogens with zero attached hydrogens (tertiary/aromatic N) is 3. The minimum Gasteiger partial charge on any atom is -0.434 e. The first-order valence-electron chi connectivity index (χ1n) is 10.8. The third-order valence-corrected chi connectivity index (χ3v) is 5.86. The summed E-state index contributed by atoms with van der Waals surface area (Å²) in [7, 11) is 0. The van der Waals surface area contributed by atoms with Crippen LogP contribution in [0, 0.1) is 0 Å². The third-order valence-electron chi connectivity index (χ3n) is 5.62. The Hall–Kier alpha value is -4.04. The number of benzene rings is 2. The number of halogens is 3. The molecular formula is C26H19ClF2N4O2. The van der Waals surface area contributed by atoms with Gasteiger partial charge in [0, 0.05) is 41.7 Å². The summed E-state index contributed by atoms with van der Waals surface area (Å²) in [6.45, 7) is -2.74. The van der Waals surface area contributed by atoms with Crippen molar-refractivity contribution in [3.05, 3.63) is 112 Å². The van der Waals surface area contributed by atoms with Gasteiger partial charge in [-0.3, -0.25) is 9.78 Å². The number of fused-ring (bicyclic) bond motifs is 1. The zero-order valence-corrected chi connectivity index (χ0v) is 19.0. The maximum Gasteiger partial charge on any atom is 0.387 e. The van der Waals surface area contributed by atoms with Crippen molar-refractivity contribution in [2.24, 2.45) is 0 Å². The largest absolute Gasteiger partial charge is 0.434 e. The van der Waals surface area contributed by atoms with Crippen LogP contribution in [0.25, 0.3) is 22.2 Å². The minimum atomic E-state index is -2.96. The average molecular weight is 493 g/mol. The van der Waals surface area contributed by atoms with E-state index in [0.29, 0.717) is 17.0 Å². The molecule has 0 aliphatic heterocycles. The number of alkyl halides is 2. The predicted octanol–water partition coefficient (Wildman–Crippen LogP) is 5.68. The first kappa shape index (κ1) is 22.7. The maximum atomic E-state index is 13.1. The summed E-state index contributed by atoms with van der Waals surface area (Å²) in [5, 5.41) is 0.413. The van der Waals surface area contributed by atoms with E-state index in [2.05, 4.69) is 9.97 Å². The highest BCUT2D eigenvalue weighted by Gasteiger charge is 2.17. The number of nitrogens with one attached hydrogen (secondary N) is 1. The smallest absolute Gasteiger partial charge is 0.387 e. The fourth-order valence-corrected chi connectivity index (χ4v) is 4.18. The second kappa shape index (κ2) is 9.68. The van der Waals surface area contributed by atoms with E-state index in [0.717, 1.165) is 33.5 Å². The molecule has 35 heavy (non-hydrogen) atoms. The normalized spacial score (nSPS) is 11.3. The Bertz CT molecular complexity index is 1530. The Morgan fingerprint density at radius 1 is 1.00 bits per heavy atom. The lowest BCUT2D eigenvalue weighted by atomic mass is 10.1. The van der Waals surface area contributed by atoms with Gasteiger partial charge in [-0.05, 0) is 65.2 Å². The molecule has 0 saturated carbocycles. The van der Waals surface area contributed by atoms with Crippen molar-refractivity contribution in [3.63, 3.8) is 0 Å². The van der Waals surface area contributed by atoms with Gasteiger partial charge in [0.15, 0.2) is 0 Å². The average Bonchev–Trinajstić information content (AvgIpc) is 3.17. The summed E-state index contributed by atoms with van der Waals surface area (Å²) in [6, 6.07) is 17.4. The SMILES string of the molecule is O=c1ccc(-c2ccc3nc(Cc4ccncc4)n(Cc4cc(Cl)ccc4OC(F)F)c3c2)c[nH]1. The van der Waals surface area contributed by atoms with Crippen LogP contribution in [0.2, 0.25) is 5.02 Å². The predicted molar refractivity (Wildman–Crippen MR) is 130 cm³/mol. The monoisotopic (exact) mass is 492 g/mol. The number of imidazole rings is 1. The molecule has 176 valence electrons. The number of hydrogen-bond donors (Lipinski definition) is 1. The van der Waals surface area contributed by atoms with Crippen LogP contribution in [0.4, 0.5) is 8.78 Å². The van der Waals surface area contributed by atoms with Crippen molar-refractivity contribution in [3.8, 4) is 16.9 Å². The summed E-state index contributed by atoms with van der Waals surface area (Å²) >= 11 is 6.20. The quantitative estimate of drug-likeness (QED) is 0.317. The summed E-state index contributed by atoms with van der Waals surface area (Å²) < 4.78 is 32.8. The molecular weight excluding hydrogens is 474 g/mol. The van der Waals surface area contributed by atoms with E-state index in [1.54, 1.807) is 30.7 Å². The molecule has 5 rings (SSSR count). The molecule has 0 radical (unpaired) electrons. The minimum absolute atomic E-state index is 0.0536. The van der Waals surface area contributed by atoms with E-state index in [4.69, 9.17) is 21.3 Å². The lowest BCUT2D eigenvalue weighted by Gasteiger charge is -2.15. The van der Waals surface area contributed by atoms with E-state index in [1.807, 2.05) is 34.9 Å². The zero-order chi connectivity index (χ0) is 24.4. The molecule has 0 amide bonds. The molecule has 0 aliphatic rings. The highest BCUT2D eigenvalue weighted by atomic mass is 35.5. The van der Waals surface area contributed by atoms with Gasteiger partial charge in [0.2, 0.25) is 5.56 Å². The molecule has 0 atom stereocenters. The van der Waals surface area contributed by atoms with Crippen LogP contribution in [-0.2, 0) is 13.0 Å². The molecule has 2 aromatic carbocycles. The molecule has 0 fully saturated rings. The van der Waals surface area contributed by atoms with Crippen molar-refractivity contribution in [2.75, 3.05) is 0 Å². The topological polar surface area (TPSA) is 72.8 Å². The summed E-state index contributed by atoms with van der Waals surface area (Å²) in [5.74, 6) is 0.797. The standard InChI is InChI=1S/C26H19ClF2N4O2/c27-20-3-5-23(35-26(28)29)19(12-20)15-33-22-13-17(18-2-6-25(34)31-14-18)1-4-21(22)32-24(33)11-16-7-9-30-10-8-16/h1-10,12-14,26H,11,15H2,(H,31,34). The van der Waals surface area contributed by atoms with Crippen LogP contribution < -0.4 is 10.3 Å². The second-order valence-electron chi connectivity index (χ2n) is 7.92. The van der Waals surface area contributed by atoms with E-state index in [9.17, 15) is 13.6 Å². The Morgan fingerprint density at radius 3 is 2.54 bits per heavy atom. The van der Waals surface area contributed by atoms with Crippen LogP contribution in [0.15, 0.2) is 84.0 Å². The van der Waals surface area contributed by atoms with Gasteiger partial charge in [-0.1, -0.05) is 17.7 Å². The number of aromatic amines is 1. The molecule has 0 unspecified atom stereocenters. The fourth-order valence-electron chi connectivity index (χ4n) is 3.99. The molecule has 3 heterocycles. The molecule has 9 heteroatoms. The third kappa shape index (κ3) is 5.07. The Kier molecular flexibility index (Phi) is 6.29. The number of aromatic nitrogens is 4. The van der Waals surface area contributed by atoms with Crippen molar-refractivity contribution in [1.29, 1.82) is 0 Å². The maximum absolute atomic E-state index is 13.1. The Balaban J connectivity index is 1.64. The van der Waals surface area contributed by atoms with Gasteiger partial charge < -0.3 is 14.3 Å². The molecule has 0 spiro atoms. The zero-order valence-electron chi connectivity index (χ0n) is 18.3. The van der Waals surface area contributed by atoms with Gasteiger partial charge in [-0.2, -0.15) is 8.78 Å². The molecule has 0 aliphatic carbocycles. The van der Waals surface area contributed by atoms with Crippen LogP contribution in [0.1, 0.15) is 17.0 Å². The summed E-state index contributed by atoms with van der Waals surface area (Å²) in [4.78, 5) is 23.1. The molecule has 0 bridgehead atoms. The molecule has 1 N–H and O–H groups in total. The molecule has 3 aromatic heterocycles. The highest BCUT2D eigenvalue weighted by Crippen LogP contribution is 2.30. The van der Waals surface area contributed by atoms with Crippen LogP contribution in [0.3, 0.4) is 0 Å². The van der Waals surface area contributed by atoms with Crippen molar-refractivity contribution in [1.82, 2.24) is 19.5 Å². The highest BCUT2D eigenvalue weighted by molar-refractivity contribution is 6.30. The molecule has 6 nitrogen and oxygen atoms in total. The number of ether oxygens (including phenoxy) is 1. The first-order valence-corrected chi connectivity index (χ1v) is 11.1. The number of H-pyrrole nitrogens is 1. The van der Waals surface area contributed by atoms with Crippen molar-refractivity contribution in [2.45, 2.75) is 19.6 Å². The Labute approximate surface area is 203 Å². The number of hydrogen-bond acceptors (Lipinski definition) is 4. The number of pyridine rings is 2. The number of rotatable bonds is 7. The molecule has 0 saturated heterocycles. The van der Waals surface area contributed by atoms with E-state index >= 15 is 0 Å². The summed E-state index contributed by atoms with van der Waals surface area (Å²) in [6.07, 6.45) is 5.58. The van der Waals surface area contributed by atoms with Crippen molar-refractivity contribution >= 4 is 22.6 Å². The van der Waals surface area contributed by atoms with Gasteiger partial charge in [-0.25, -0.2) is 4.98 Å². The van der Waals surface area contributed by atoms with Crippen molar-refractivity contribution < 1.29 is 13.5 Å². The van der Waals surface area contributed by atoms with Gasteiger partial charge in [0.1, 0.15) is 11.6 Å². The van der Waals surface area contributed by atoms with E-state index in [-0.39, 0.29) is 17.9 Å². The van der Waals surface area contributed by atoms with Gasteiger partial charge in [0.05, 0.1) is 17.6 Å².